The molecule has 2 heterocycles. The van der Waals surface area contributed by atoms with Gasteiger partial charge in [0.15, 0.2) is 0 Å². The lowest BCUT2D eigenvalue weighted by molar-refractivity contribution is 0.103. The van der Waals surface area contributed by atoms with Gasteiger partial charge in [-0.2, -0.15) is 5.10 Å². The zero-order valence-electron chi connectivity index (χ0n) is 13.9. The summed E-state index contributed by atoms with van der Waals surface area (Å²) in [6.07, 6.45) is 3.38. The van der Waals surface area contributed by atoms with Gasteiger partial charge in [0.2, 0.25) is 0 Å². The molecule has 3 aromatic rings. The fraction of sp³-hybridized carbons (Fsp3) is 0.222. The number of anilines is 1. The molecule has 0 unspecified atom stereocenters. The largest absolute Gasteiger partial charge is 0.489 e. The number of nitrogens with zero attached hydrogens (tertiary/aromatic N) is 2. The molecule has 24 heavy (non-hydrogen) atoms. The van der Waals surface area contributed by atoms with Crippen molar-refractivity contribution >= 4 is 22.9 Å². The number of thiophene rings is 1. The van der Waals surface area contributed by atoms with Crippen LogP contribution < -0.4 is 10.1 Å². The molecule has 0 spiro atoms. The summed E-state index contributed by atoms with van der Waals surface area (Å²) in [6, 6.07) is 7.99. The molecule has 0 aliphatic rings. The van der Waals surface area contributed by atoms with E-state index in [2.05, 4.69) is 16.5 Å². The second-order valence-corrected chi connectivity index (χ2v) is 6.70. The maximum Gasteiger partial charge on any atom is 0.265 e. The second kappa shape index (κ2) is 6.88. The Hall–Kier alpha value is -2.60. The average molecular weight is 341 g/mol. The van der Waals surface area contributed by atoms with Crippen molar-refractivity contribution in [2.45, 2.75) is 20.5 Å². The van der Waals surface area contributed by atoms with Crippen molar-refractivity contribution < 1.29 is 9.53 Å². The van der Waals surface area contributed by atoms with Crippen LogP contribution in [0.5, 0.6) is 5.75 Å². The molecule has 6 heteroatoms. The van der Waals surface area contributed by atoms with Gasteiger partial charge in [0, 0.05) is 18.8 Å². The number of carbonyl (C=O) groups excluding carboxylic acids is 1. The third-order valence-electron chi connectivity index (χ3n) is 3.44. The van der Waals surface area contributed by atoms with Crippen LogP contribution in [0, 0.1) is 13.8 Å². The van der Waals surface area contributed by atoms with Gasteiger partial charge in [-0.05, 0) is 48.6 Å². The predicted octanol–water partition coefficient (Wildman–Crippen LogP) is 3.93. The van der Waals surface area contributed by atoms with Crippen molar-refractivity contribution in [3.63, 3.8) is 0 Å². The van der Waals surface area contributed by atoms with E-state index >= 15 is 0 Å². The Morgan fingerprint density at radius 3 is 2.67 bits per heavy atom. The molecule has 0 atom stereocenters. The summed E-state index contributed by atoms with van der Waals surface area (Å²) >= 11 is 1.41. The number of hydrogen-bond donors (Lipinski definition) is 1. The van der Waals surface area contributed by atoms with Crippen LogP contribution in [0.3, 0.4) is 0 Å². The molecule has 1 N–H and O–H groups in total. The molecule has 3 rings (SSSR count). The van der Waals surface area contributed by atoms with Gasteiger partial charge in [-0.25, -0.2) is 0 Å². The molecule has 124 valence electrons. The van der Waals surface area contributed by atoms with Gasteiger partial charge >= 0.3 is 0 Å². The highest BCUT2D eigenvalue weighted by Crippen LogP contribution is 2.21. The van der Waals surface area contributed by atoms with Gasteiger partial charge in [0.05, 0.1) is 16.8 Å². The molecular weight excluding hydrogens is 322 g/mol. The smallest absolute Gasteiger partial charge is 0.265 e. The third-order valence-corrected chi connectivity index (χ3v) is 4.42. The van der Waals surface area contributed by atoms with Gasteiger partial charge in [-0.15, -0.1) is 11.3 Å². The first-order valence-corrected chi connectivity index (χ1v) is 8.46. The van der Waals surface area contributed by atoms with Crippen LogP contribution in [0.25, 0.3) is 0 Å². The van der Waals surface area contributed by atoms with Crippen LogP contribution in [0.15, 0.2) is 42.0 Å². The minimum Gasteiger partial charge on any atom is -0.489 e. The minimum atomic E-state index is -0.134. The number of hydrogen-bond acceptors (Lipinski definition) is 4. The molecule has 1 aromatic carbocycles. The fourth-order valence-electron chi connectivity index (χ4n) is 2.43. The van der Waals surface area contributed by atoms with Crippen molar-refractivity contribution in [2.75, 3.05) is 5.32 Å². The second-order valence-electron chi connectivity index (χ2n) is 5.79. The van der Waals surface area contributed by atoms with Crippen LogP contribution in [0.1, 0.15) is 26.4 Å². The summed E-state index contributed by atoms with van der Waals surface area (Å²) in [6.45, 7) is 4.54. The Kier molecular flexibility index (Phi) is 4.66. The van der Waals surface area contributed by atoms with Gasteiger partial charge in [0.1, 0.15) is 12.4 Å². The van der Waals surface area contributed by atoms with Crippen molar-refractivity contribution in [3.05, 3.63) is 63.6 Å². The summed E-state index contributed by atoms with van der Waals surface area (Å²) in [5.41, 5.74) is 4.01. The molecule has 0 radical (unpaired) electrons. The zero-order chi connectivity index (χ0) is 17.1. The predicted molar refractivity (Wildman–Crippen MR) is 95.7 cm³/mol. The van der Waals surface area contributed by atoms with E-state index in [1.54, 1.807) is 17.1 Å². The maximum atomic E-state index is 12.2. The Labute approximate surface area is 144 Å². The first-order chi connectivity index (χ1) is 11.5. The van der Waals surface area contributed by atoms with Crippen LogP contribution in [0.2, 0.25) is 0 Å². The number of benzene rings is 1. The van der Waals surface area contributed by atoms with E-state index in [0.717, 1.165) is 11.3 Å². The lowest BCUT2D eigenvalue weighted by Gasteiger charge is -2.07. The number of aromatic nitrogens is 2. The number of aryl methyl sites for hydroxylation is 3. The summed E-state index contributed by atoms with van der Waals surface area (Å²) in [7, 11) is 1.81. The van der Waals surface area contributed by atoms with Crippen LogP contribution >= 0.6 is 11.3 Å². The van der Waals surface area contributed by atoms with Gasteiger partial charge in [-0.1, -0.05) is 6.07 Å². The van der Waals surface area contributed by atoms with E-state index in [1.165, 1.54) is 22.5 Å². The van der Waals surface area contributed by atoms with E-state index in [0.29, 0.717) is 17.2 Å². The average Bonchev–Trinajstić information content (AvgIpc) is 3.13. The maximum absolute atomic E-state index is 12.2. The lowest BCUT2D eigenvalue weighted by Crippen LogP contribution is -2.09. The molecule has 0 saturated carbocycles. The van der Waals surface area contributed by atoms with Crippen molar-refractivity contribution in [1.29, 1.82) is 0 Å². The quantitative estimate of drug-likeness (QED) is 0.765. The first kappa shape index (κ1) is 16.3. The van der Waals surface area contributed by atoms with E-state index in [1.807, 2.05) is 44.5 Å². The van der Waals surface area contributed by atoms with E-state index in [9.17, 15) is 4.79 Å². The van der Waals surface area contributed by atoms with Crippen LogP contribution in [-0.4, -0.2) is 15.7 Å². The van der Waals surface area contributed by atoms with E-state index < -0.39 is 0 Å². The van der Waals surface area contributed by atoms with Crippen molar-refractivity contribution in [3.8, 4) is 5.75 Å². The van der Waals surface area contributed by atoms with E-state index in [-0.39, 0.29) is 5.91 Å². The summed E-state index contributed by atoms with van der Waals surface area (Å²) in [5, 5.41) is 8.80. The van der Waals surface area contributed by atoms with E-state index in [4.69, 9.17) is 4.74 Å². The fourth-order valence-corrected chi connectivity index (χ4v) is 3.22. The summed E-state index contributed by atoms with van der Waals surface area (Å²) in [5.74, 6) is 0.714. The highest BCUT2D eigenvalue weighted by Gasteiger charge is 2.11. The monoisotopic (exact) mass is 341 g/mol. The normalized spacial score (nSPS) is 10.6. The SMILES string of the molecule is Cc1cc(C)cc(OCc2csc(C(=O)Nc3cnn(C)c3)c2)c1. The number of amides is 1. The standard InChI is InChI=1S/C18H19N3O2S/c1-12-4-13(2)6-16(5-12)23-10-14-7-17(24-11-14)18(22)20-15-8-19-21(3)9-15/h4-9,11H,10H2,1-3H3,(H,20,22). The molecule has 0 bridgehead atoms. The minimum absolute atomic E-state index is 0.134. The molecule has 0 saturated heterocycles. The molecule has 0 aliphatic heterocycles. The number of nitrogens with one attached hydrogen (secondary N) is 1. The van der Waals surface area contributed by atoms with Gasteiger partial charge in [0.25, 0.3) is 5.91 Å². The highest BCUT2D eigenvalue weighted by molar-refractivity contribution is 7.12. The molecular formula is C18H19N3O2S. The van der Waals surface area contributed by atoms with Crippen LogP contribution in [-0.2, 0) is 13.7 Å². The Balaban J connectivity index is 1.61. The number of carbonyl (C=O) groups is 1. The molecule has 1 amide bonds. The topological polar surface area (TPSA) is 56.1 Å². The Morgan fingerprint density at radius 1 is 1.25 bits per heavy atom. The Morgan fingerprint density at radius 2 is 2.00 bits per heavy atom. The van der Waals surface area contributed by atoms with Crippen molar-refractivity contribution in [1.82, 2.24) is 9.78 Å². The molecule has 0 aliphatic carbocycles. The van der Waals surface area contributed by atoms with Gasteiger partial charge < -0.3 is 10.1 Å². The zero-order valence-corrected chi connectivity index (χ0v) is 14.7. The lowest BCUT2D eigenvalue weighted by atomic mass is 10.1. The number of ether oxygens (including phenoxy) is 1. The summed E-state index contributed by atoms with van der Waals surface area (Å²) in [4.78, 5) is 12.9. The third kappa shape index (κ3) is 4.02. The van der Waals surface area contributed by atoms with Crippen LogP contribution in [0.4, 0.5) is 5.69 Å². The van der Waals surface area contributed by atoms with Gasteiger partial charge in [-0.3, -0.25) is 9.48 Å². The number of rotatable bonds is 5. The molecule has 2 aromatic heterocycles. The highest BCUT2D eigenvalue weighted by atomic mass is 32.1. The summed E-state index contributed by atoms with van der Waals surface area (Å²) < 4.78 is 7.48. The first-order valence-electron chi connectivity index (χ1n) is 7.58. The van der Waals surface area contributed by atoms with Crippen molar-refractivity contribution in [2.24, 2.45) is 7.05 Å². The molecule has 0 fully saturated rings. The molecule has 5 nitrogen and oxygen atoms in total. The Bertz CT molecular complexity index is 847.